The third-order valence-electron chi connectivity index (χ3n) is 4.06. The average molecular weight is 396 g/mol. The summed E-state index contributed by atoms with van der Waals surface area (Å²) in [4.78, 5) is 31.8. The Morgan fingerprint density at radius 1 is 1.22 bits per heavy atom. The molecule has 0 aliphatic heterocycles. The van der Waals surface area contributed by atoms with E-state index in [4.69, 9.17) is 4.42 Å². The van der Waals surface area contributed by atoms with Crippen LogP contribution in [0.2, 0.25) is 0 Å². The van der Waals surface area contributed by atoms with Crippen LogP contribution >= 0.6 is 23.1 Å². The molecule has 1 aromatic carbocycles. The predicted molar refractivity (Wildman–Crippen MR) is 108 cm³/mol. The molecule has 4 aromatic rings. The van der Waals surface area contributed by atoms with Crippen LogP contribution in [0.3, 0.4) is 0 Å². The van der Waals surface area contributed by atoms with Crippen LogP contribution in [0.4, 0.5) is 0 Å². The van der Waals surface area contributed by atoms with Crippen molar-refractivity contribution in [1.82, 2.24) is 9.55 Å². The Kier molecular flexibility index (Phi) is 4.96. The summed E-state index contributed by atoms with van der Waals surface area (Å²) in [6.45, 7) is 2.24. The lowest BCUT2D eigenvalue weighted by atomic mass is 10.2. The zero-order valence-electron chi connectivity index (χ0n) is 14.5. The first-order valence-corrected chi connectivity index (χ1v) is 10.2. The minimum absolute atomic E-state index is 0.00172. The van der Waals surface area contributed by atoms with Gasteiger partial charge in [-0.05, 0) is 25.1 Å². The van der Waals surface area contributed by atoms with Crippen LogP contribution in [-0.4, -0.2) is 21.1 Å². The van der Waals surface area contributed by atoms with Crippen molar-refractivity contribution in [2.24, 2.45) is 0 Å². The fourth-order valence-electron chi connectivity index (χ4n) is 2.76. The van der Waals surface area contributed by atoms with Gasteiger partial charge in [-0.1, -0.05) is 42.1 Å². The molecule has 5 nitrogen and oxygen atoms in total. The van der Waals surface area contributed by atoms with E-state index in [1.807, 2.05) is 37.3 Å². The molecule has 27 heavy (non-hydrogen) atoms. The normalized spacial score (nSPS) is 11.1. The standard InChI is InChI=1S/C20H16N2O3S2/c1-13-10-16-18(27-13)21-20(22(19(16)24)11-15-8-5-9-25-15)26-12-17(23)14-6-3-2-4-7-14/h2-10H,11-12H2,1H3. The zero-order valence-corrected chi connectivity index (χ0v) is 16.2. The molecule has 0 aliphatic rings. The fraction of sp³-hybridized carbons (Fsp3) is 0.150. The van der Waals surface area contributed by atoms with Crippen molar-refractivity contribution < 1.29 is 9.21 Å². The summed E-state index contributed by atoms with van der Waals surface area (Å²) in [6, 6.07) is 14.6. The van der Waals surface area contributed by atoms with Crippen molar-refractivity contribution in [3.05, 3.63) is 81.3 Å². The second kappa shape index (κ2) is 7.54. The third kappa shape index (κ3) is 3.74. The number of thiophene rings is 1. The number of hydrogen-bond donors (Lipinski definition) is 0. The van der Waals surface area contributed by atoms with Gasteiger partial charge in [-0.15, -0.1) is 11.3 Å². The Hall–Kier alpha value is -2.64. The van der Waals surface area contributed by atoms with E-state index in [1.54, 1.807) is 29.0 Å². The average Bonchev–Trinajstić information content (AvgIpc) is 3.32. The number of thioether (sulfide) groups is 1. The molecule has 4 rings (SSSR count). The first-order valence-electron chi connectivity index (χ1n) is 8.36. The number of benzene rings is 1. The van der Waals surface area contributed by atoms with Gasteiger partial charge in [0.2, 0.25) is 0 Å². The molecule has 3 heterocycles. The summed E-state index contributed by atoms with van der Waals surface area (Å²) in [7, 11) is 0. The Bertz CT molecular complexity index is 1150. The molecular formula is C20H16N2O3S2. The Labute approximate surface area is 163 Å². The third-order valence-corrected chi connectivity index (χ3v) is 5.98. The van der Waals surface area contributed by atoms with Crippen LogP contribution in [-0.2, 0) is 6.54 Å². The molecule has 136 valence electrons. The van der Waals surface area contributed by atoms with E-state index in [-0.39, 0.29) is 23.6 Å². The van der Waals surface area contributed by atoms with Crippen molar-refractivity contribution in [1.29, 1.82) is 0 Å². The predicted octanol–water partition coefficient (Wildman–Crippen LogP) is 4.38. The number of hydrogen-bond acceptors (Lipinski definition) is 6. The zero-order chi connectivity index (χ0) is 18.8. The van der Waals surface area contributed by atoms with E-state index in [1.165, 1.54) is 23.1 Å². The molecule has 0 N–H and O–H groups in total. The van der Waals surface area contributed by atoms with Crippen molar-refractivity contribution in [2.45, 2.75) is 18.6 Å². The summed E-state index contributed by atoms with van der Waals surface area (Å²) in [5.74, 6) is 0.882. The van der Waals surface area contributed by atoms with E-state index >= 15 is 0 Å². The van der Waals surface area contributed by atoms with Gasteiger partial charge in [0.05, 0.1) is 23.9 Å². The molecule has 3 aromatic heterocycles. The lowest BCUT2D eigenvalue weighted by Crippen LogP contribution is -2.23. The lowest BCUT2D eigenvalue weighted by Gasteiger charge is -2.10. The highest BCUT2D eigenvalue weighted by Crippen LogP contribution is 2.25. The van der Waals surface area contributed by atoms with Gasteiger partial charge < -0.3 is 4.42 Å². The summed E-state index contributed by atoms with van der Waals surface area (Å²) < 4.78 is 6.98. The molecule has 0 fully saturated rings. The fourth-order valence-corrected chi connectivity index (χ4v) is 4.58. The van der Waals surface area contributed by atoms with E-state index in [0.717, 1.165) is 4.88 Å². The van der Waals surface area contributed by atoms with Crippen molar-refractivity contribution in [3.8, 4) is 0 Å². The molecule has 0 unspecified atom stereocenters. The van der Waals surface area contributed by atoms with Crippen molar-refractivity contribution >= 4 is 39.1 Å². The van der Waals surface area contributed by atoms with Crippen LogP contribution in [0, 0.1) is 6.92 Å². The van der Waals surface area contributed by atoms with E-state index in [0.29, 0.717) is 26.7 Å². The van der Waals surface area contributed by atoms with Crippen molar-refractivity contribution in [3.63, 3.8) is 0 Å². The maximum absolute atomic E-state index is 13.0. The smallest absolute Gasteiger partial charge is 0.263 e. The number of carbonyl (C=O) groups excluding carboxylic acids is 1. The quantitative estimate of drug-likeness (QED) is 0.275. The monoisotopic (exact) mass is 396 g/mol. The molecule has 0 aliphatic carbocycles. The van der Waals surface area contributed by atoms with Crippen LogP contribution in [0.25, 0.3) is 10.2 Å². The van der Waals surface area contributed by atoms with Gasteiger partial charge in [0, 0.05) is 10.4 Å². The van der Waals surface area contributed by atoms with Crippen molar-refractivity contribution in [2.75, 3.05) is 5.75 Å². The summed E-state index contributed by atoms with van der Waals surface area (Å²) in [5.41, 5.74) is 0.536. The topological polar surface area (TPSA) is 65.1 Å². The second-order valence-electron chi connectivity index (χ2n) is 6.02. The number of ketones is 1. The number of fused-ring (bicyclic) bond motifs is 1. The van der Waals surface area contributed by atoms with Crippen LogP contribution in [0.1, 0.15) is 21.0 Å². The van der Waals surface area contributed by atoms with E-state index in [9.17, 15) is 9.59 Å². The number of rotatable bonds is 6. The van der Waals surface area contributed by atoms with Gasteiger partial charge in [-0.25, -0.2) is 4.98 Å². The highest BCUT2D eigenvalue weighted by molar-refractivity contribution is 7.99. The molecule has 0 amide bonds. The molecule has 0 atom stereocenters. The minimum Gasteiger partial charge on any atom is -0.467 e. The summed E-state index contributed by atoms with van der Waals surface area (Å²) >= 11 is 2.76. The Morgan fingerprint density at radius 3 is 2.78 bits per heavy atom. The van der Waals surface area contributed by atoms with Gasteiger partial charge in [-0.3, -0.25) is 14.2 Å². The Balaban J connectivity index is 1.69. The van der Waals surface area contributed by atoms with Gasteiger partial charge in [0.1, 0.15) is 10.6 Å². The molecule has 0 saturated heterocycles. The number of carbonyl (C=O) groups is 1. The van der Waals surface area contributed by atoms with E-state index in [2.05, 4.69) is 4.98 Å². The number of aromatic nitrogens is 2. The van der Waals surface area contributed by atoms with Gasteiger partial charge in [0.25, 0.3) is 5.56 Å². The number of nitrogens with zero attached hydrogens (tertiary/aromatic N) is 2. The second-order valence-corrected chi connectivity index (χ2v) is 8.20. The summed E-state index contributed by atoms with van der Waals surface area (Å²) in [6.07, 6.45) is 1.58. The SMILES string of the molecule is Cc1cc2c(=O)n(Cc3ccco3)c(SCC(=O)c3ccccc3)nc2s1. The Morgan fingerprint density at radius 2 is 2.04 bits per heavy atom. The molecule has 0 spiro atoms. The highest BCUT2D eigenvalue weighted by atomic mass is 32.2. The molecule has 0 bridgehead atoms. The molecule has 0 saturated carbocycles. The summed E-state index contributed by atoms with van der Waals surface area (Å²) in [5, 5.41) is 1.12. The first-order chi connectivity index (χ1) is 13.1. The van der Waals surface area contributed by atoms with Gasteiger partial charge in [-0.2, -0.15) is 0 Å². The van der Waals surface area contributed by atoms with Crippen LogP contribution in [0.15, 0.2) is 69.2 Å². The molecule has 7 heteroatoms. The van der Waals surface area contributed by atoms with Gasteiger partial charge in [0.15, 0.2) is 10.9 Å². The number of furan rings is 1. The van der Waals surface area contributed by atoms with Crippen LogP contribution < -0.4 is 5.56 Å². The maximum atomic E-state index is 13.0. The van der Waals surface area contributed by atoms with E-state index < -0.39 is 0 Å². The highest BCUT2D eigenvalue weighted by Gasteiger charge is 2.16. The maximum Gasteiger partial charge on any atom is 0.263 e. The molecule has 0 radical (unpaired) electrons. The minimum atomic E-state index is -0.115. The van der Waals surface area contributed by atoms with Gasteiger partial charge >= 0.3 is 0 Å². The largest absolute Gasteiger partial charge is 0.467 e. The molecular weight excluding hydrogens is 380 g/mol. The van der Waals surface area contributed by atoms with Crippen LogP contribution in [0.5, 0.6) is 0 Å². The first kappa shape index (κ1) is 17.8. The number of Topliss-reactive ketones (excluding diaryl/α,β-unsaturated/α-hetero) is 1. The lowest BCUT2D eigenvalue weighted by molar-refractivity contribution is 0.102. The number of aryl methyl sites for hydroxylation is 1.